The minimum atomic E-state index is 0.600. The molecule has 1 aliphatic heterocycles. The first-order valence-corrected chi connectivity index (χ1v) is 8.49. The van der Waals surface area contributed by atoms with E-state index < -0.39 is 0 Å². The lowest BCUT2D eigenvalue weighted by molar-refractivity contribution is 0.317. The summed E-state index contributed by atoms with van der Waals surface area (Å²) < 4.78 is 0. The Hall–Kier alpha value is -2.13. The number of pyridine rings is 1. The topological polar surface area (TPSA) is 40.7 Å². The van der Waals surface area contributed by atoms with E-state index in [1.807, 2.05) is 12.4 Å². The van der Waals surface area contributed by atoms with Crippen LogP contribution < -0.4 is 5.32 Å². The normalized spacial score (nSPS) is 24.9. The Morgan fingerprint density at radius 3 is 2.43 bits per heavy atom. The first-order valence-electron chi connectivity index (χ1n) is 8.49. The second kappa shape index (κ2) is 5.82. The second-order valence-electron chi connectivity index (χ2n) is 6.86. The number of aromatic nitrogens is 2. The Morgan fingerprint density at radius 2 is 1.70 bits per heavy atom. The number of H-pyrrole nitrogens is 1. The van der Waals surface area contributed by atoms with Gasteiger partial charge in [0.2, 0.25) is 0 Å². The largest absolute Gasteiger partial charge is 0.346 e. The van der Waals surface area contributed by atoms with Gasteiger partial charge in [0.25, 0.3) is 0 Å². The van der Waals surface area contributed by atoms with E-state index in [1.165, 1.54) is 34.9 Å². The van der Waals surface area contributed by atoms with Crippen LogP contribution in [0.4, 0.5) is 0 Å². The molecule has 1 aliphatic rings. The van der Waals surface area contributed by atoms with Gasteiger partial charge >= 0.3 is 0 Å². The number of piperidine rings is 1. The van der Waals surface area contributed by atoms with Gasteiger partial charge in [-0.25, -0.2) is 4.98 Å². The fourth-order valence-electron chi connectivity index (χ4n) is 3.99. The number of fused-ring (bicyclic) bond motifs is 1. The Bertz CT molecular complexity index is 793. The summed E-state index contributed by atoms with van der Waals surface area (Å²) in [6.07, 6.45) is 6.27. The summed E-state index contributed by atoms with van der Waals surface area (Å²) >= 11 is 0. The Labute approximate surface area is 137 Å². The number of hydrogen-bond acceptors (Lipinski definition) is 2. The first kappa shape index (κ1) is 14.5. The molecule has 0 bridgehead atoms. The van der Waals surface area contributed by atoms with Crippen molar-refractivity contribution in [3.63, 3.8) is 0 Å². The highest BCUT2D eigenvalue weighted by Crippen LogP contribution is 2.33. The van der Waals surface area contributed by atoms with Crippen LogP contribution in [0.2, 0.25) is 0 Å². The molecule has 2 N–H and O–H groups in total. The fourth-order valence-corrected chi connectivity index (χ4v) is 3.99. The van der Waals surface area contributed by atoms with Crippen molar-refractivity contribution in [1.82, 2.24) is 15.3 Å². The fraction of sp³-hybridized carbons (Fsp3) is 0.350. The number of rotatable bonds is 2. The molecule has 0 spiro atoms. The molecular weight excluding hydrogens is 282 g/mol. The van der Waals surface area contributed by atoms with Crippen molar-refractivity contribution in [2.45, 2.75) is 44.7 Å². The van der Waals surface area contributed by atoms with Gasteiger partial charge in [-0.15, -0.1) is 0 Å². The zero-order valence-corrected chi connectivity index (χ0v) is 13.7. The van der Waals surface area contributed by atoms with Crippen LogP contribution in [-0.4, -0.2) is 22.1 Å². The molecular formula is C20H23N3. The number of benzene rings is 1. The summed E-state index contributed by atoms with van der Waals surface area (Å²) in [5.74, 6) is 0.667. The van der Waals surface area contributed by atoms with E-state index in [2.05, 4.69) is 65.5 Å². The molecule has 0 aliphatic carbocycles. The van der Waals surface area contributed by atoms with Gasteiger partial charge in [0.15, 0.2) is 0 Å². The maximum absolute atomic E-state index is 4.37. The van der Waals surface area contributed by atoms with Crippen molar-refractivity contribution in [2.24, 2.45) is 0 Å². The van der Waals surface area contributed by atoms with Gasteiger partial charge in [-0.3, -0.25) is 0 Å². The number of aromatic amines is 1. The molecule has 4 rings (SSSR count). The van der Waals surface area contributed by atoms with Gasteiger partial charge in [0.05, 0.1) is 0 Å². The lowest BCUT2D eigenvalue weighted by Crippen LogP contribution is -2.41. The summed E-state index contributed by atoms with van der Waals surface area (Å²) in [6.45, 7) is 4.58. The smallest absolute Gasteiger partial charge is 0.137 e. The van der Waals surface area contributed by atoms with Crippen LogP contribution >= 0.6 is 0 Å². The van der Waals surface area contributed by atoms with Gasteiger partial charge in [0, 0.05) is 29.9 Å². The Morgan fingerprint density at radius 1 is 0.957 bits per heavy atom. The summed E-state index contributed by atoms with van der Waals surface area (Å²) in [6, 6.07) is 14.5. The molecule has 0 amide bonds. The van der Waals surface area contributed by atoms with Crippen LogP contribution in [0.25, 0.3) is 22.2 Å². The third-order valence-corrected chi connectivity index (χ3v) is 5.00. The molecule has 1 fully saturated rings. The molecule has 3 heterocycles. The molecule has 3 heteroatoms. The molecule has 3 nitrogen and oxygen atoms in total. The first-order chi connectivity index (χ1) is 11.2. The molecule has 2 aromatic heterocycles. The molecule has 3 aromatic rings. The molecule has 0 saturated carbocycles. The van der Waals surface area contributed by atoms with Gasteiger partial charge in [-0.1, -0.05) is 24.3 Å². The zero-order valence-electron chi connectivity index (χ0n) is 13.7. The summed E-state index contributed by atoms with van der Waals surface area (Å²) in [4.78, 5) is 7.56. The van der Waals surface area contributed by atoms with Crippen LogP contribution in [0.1, 0.15) is 38.2 Å². The number of hydrogen-bond donors (Lipinski definition) is 2. The van der Waals surface area contributed by atoms with Gasteiger partial charge in [-0.05, 0) is 61.4 Å². The van der Waals surface area contributed by atoms with Crippen molar-refractivity contribution in [2.75, 3.05) is 0 Å². The minimum Gasteiger partial charge on any atom is -0.346 e. The molecule has 2 unspecified atom stereocenters. The van der Waals surface area contributed by atoms with E-state index in [0.29, 0.717) is 18.0 Å². The molecule has 0 radical (unpaired) electrons. The van der Waals surface area contributed by atoms with Gasteiger partial charge < -0.3 is 10.3 Å². The summed E-state index contributed by atoms with van der Waals surface area (Å²) in [5, 5.41) is 4.81. The van der Waals surface area contributed by atoms with Gasteiger partial charge in [0.1, 0.15) is 5.65 Å². The zero-order chi connectivity index (χ0) is 15.8. The molecule has 2 atom stereocenters. The van der Waals surface area contributed by atoms with Crippen molar-refractivity contribution < 1.29 is 0 Å². The average Bonchev–Trinajstić information content (AvgIpc) is 3.02. The Kier molecular flexibility index (Phi) is 3.66. The van der Waals surface area contributed by atoms with E-state index in [-0.39, 0.29) is 0 Å². The van der Waals surface area contributed by atoms with Crippen LogP contribution in [0.15, 0.2) is 48.8 Å². The SMILES string of the molecule is CC1CC(c2ccc(-c3ccnc4[nH]ccc34)cc2)CC(C)N1. The van der Waals surface area contributed by atoms with Crippen molar-refractivity contribution >= 4 is 11.0 Å². The lowest BCUT2D eigenvalue weighted by atomic mass is 9.83. The van der Waals surface area contributed by atoms with Crippen molar-refractivity contribution in [3.05, 3.63) is 54.4 Å². The quantitative estimate of drug-likeness (QED) is 0.733. The van der Waals surface area contributed by atoms with Gasteiger partial charge in [-0.2, -0.15) is 0 Å². The lowest BCUT2D eigenvalue weighted by Gasteiger charge is -2.33. The van der Waals surface area contributed by atoms with Crippen LogP contribution in [0.5, 0.6) is 0 Å². The molecule has 1 aromatic carbocycles. The minimum absolute atomic E-state index is 0.600. The van der Waals surface area contributed by atoms with E-state index in [1.54, 1.807) is 0 Å². The third kappa shape index (κ3) is 2.77. The van der Waals surface area contributed by atoms with Crippen LogP contribution in [-0.2, 0) is 0 Å². The predicted octanol–water partition coefficient (Wildman–Crippen LogP) is 4.47. The maximum Gasteiger partial charge on any atom is 0.137 e. The molecule has 1 saturated heterocycles. The monoisotopic (exact) mass is 305 g/mol. The maximum atomic E-state index is 4.37. The highest BCUT2D eigenvalue weighted by molar-refractivity contribution is 5.92. The third-order valence-electron chi connectivity index (χ3n) is 5.00. The van der Waals surface area contributed by atoms with Crippen molar-refractivity contribution in [1.29, 1.82) is 0 Å². The average molecular weight is 305 g/mol. The molecule has 118 valence electrons. The Balaban J connectivity index is 1.64. The second-order valence-corrected chi connectivity index (χ2v) is 6.86. The van der Waals surface area contributed by atoms with Crippen LogP contribution in [0, 0.1) is 0 Å². The highest BCUT2D eigenvalue weighted by atomic mass is 14.9. The van der Waals surface area contributed by atoms with E-state index in [4.69, 9.17) is 0 Å². The molecule has 23 heavy (non-hydrogen) atoms. The summed E-state index contributed by atoms with van der Waals surface area (Å²) in [5.41, 5.74) is 4.92. The van der Waals surface area contributed by atoms with Crippen LogP contribution in [0.3, 0.4) is 0 Å². The number of nitrogens with one attached hydrogen (secondary N) is 2. The van der Waals surface area contributed by atoms with Crippen molar-refractivity contribution in [3.8, 4) is 11.1 Å². The van der Waals surface area contributed by atoms with E-state index >= 15 is 0 Å². The number of nitrogens with zero attached hydrogens (tertiary/aromatic N) is 1. The predicted molar refractivity (Wildman–Crippen MR) is 95.6 cm³/mol. The highest BCUT2D eigenvalue weighted by Gasteiger charge is 2.24. The summed E-state index contributed by atoms with van der Waals surface area (Å²) in [7, 11) is 0. The van der Waals surface area contributed by atoms with E-state index in [9.17, 15) is 0 Å². The standard InChI is InChI=1S/C20H23N3/c1-13-11-17(12-14(2)23-13)15-3-5-16(6-4-15)18-7-9-21-20-19(18)8-10-22-20/h3-10,13-14,17,23H,11-12H2,1-2H3,(H,21,22). The van der Waals surface area contributed by atoms with E-state index in [0.717, 1.165) is 5.65 Å².